The molecule has 0 fully saturated rings. The van der Waals surface area contributed by atoms with Crippen LogP contribution in [0.2, 0.25) is 0 Å². The Morgan fingerprint density at radius 3 is 2.04 bits per heavy atom. The van der Waals surface area contributed by atoms with Gasteiger partial charge in [0.1, 0.15) is 6.54 Å². The Morgan fingerprint density at radius 2 is 1.50 bits per heavy atom. The van der Waals surface area contributed by atoms with Crippen molar-refractivity contribution < 1.29 is 33.4 Å². The molecule has 0 heterocycles. The Bertz CT molecular complexity index is 647. The van der Waals surface area contributed by atoms with Crippen LogP contribution in [-0.2, 0) is 28.6 Å². The van der Waals surface area contributed by atoms with E-state index in [1.54, 1.807) is 44.2 Å². The number of Topliss-reactive ketones (excluding diaryl/α,β-unsaturated/α-hetero) is 1. The third-order valence-corrected chi connectivity index (χ3v) is 2.94. The van der Waals surface area contributed by atoms with Gasteiger partial charge in [-0.3, -0.25) is 9.59 Å². The lowest BCUT2D eigenvalue weighted by molar-refractivity contribution is -0.147. The number of hydrogen-bond donors (Lipinski definition) is 1. The van der Waals surface area contributed by atoms with E-state index in [0.29, 0.717) is 5.56 Å². The summed E-state index contributed by atoms with van der Waals surface area (Å²) in [6.45, 7) is 2.60. The van der Waals surface area contributed by atoms with Gasteiger partial charge in [0.25, 0.3) is 0 Å². The van der Waals surface area contributed by atoms with Crippen molar-refractivity contribution >= 4 is 23.7 Å². The number of esters is 3. The van der Waals surface area contributed by atoms with Crippen molar-refractivity contribution in [2.24, 2.45) is 0 Å². The molecule has 1 N–H and O–H groups in total. The largest absolute Gasteiger partial charge is 0.462 e. The molecule has 1 aromatic rings. The van der Waals surface area contributed by atoms with E-state index < -0.39 is 24.5 Å². The number of carbonyl (C=O) groups is 4. The Balaban J connectivity index is 2.52. The quantitative estimate of drug-likeness (QED) is 0.164. The fourth-order valence-electron chi connectivity index (χ4n) is 1.76. The molecule has 0 aliphatic carbocycles. The van der Waals surface area contributed by atoms with Gasteiger partial charge in [-0.1, -0.05) is 30.3 Å². The van der Waals surface area contributed by atoms with Crippen LogP contribution >= 0.6 is 0 Å². The van der Waals surface area contributed by atoms with E-state index in [1.807, 2.05) is 0 Å². The zero-order valence-electron chi connectivity index (χ0n) is 14.7. The van der Waals surface area contributed by atoms with Gasteiger partial charge in [0.05, 0.1) is 13.2 Å². The third kappa shape index (κ3) is 7.16. The number of benzene rings is 1. The highest BCUT2D eigenvalue weighted by molar-refractivity contribution is 6.14. The van der Waals surface area contributed by atoms with Crippen LogP contribution in [0.4, 0.5) is 0 Å². The molecule has 0 amide bonds. The Hall–Kier alpha value is -3.16. The highest BCUT2D eigenvalue weighted by Gasteiger charge is 2.21. The number of hydrogen-bond acceptors (Lipinski definition) is 8. The second-order valence-electron chi connectivity index (χ2n) is 4.83. The maximum Gasteiger partial charge on any atom is 0.347 e. The smallest absolute Gasteiger partial charge is 0.347 e. The van der Waals surface area contributed by atoms with E-state index in [2.05, 4.69) is 5.32 Å². The number of carbonyl (C=O) groups excluding carboxylic acids is 4. The van der Waals surface area contributed by atoms with Gasteiger partial charge in [-0.25, -0.2) is 9.59 Å². The van der Waals surface area contributed by atoms with E-state index in [-0.39, 0.29) is 31.1 Å². The second-order valence-corrected chi connectivity index (χ2v) is 4.83. The molecule has 26 heavy (non-hydrogen) atoms. The van der Waals surface area contributed by atoms with Gasteiger partial charge in [0.2, 0.25) is 0 Å². The Labute approximate surface area is 151 Å². The molecule has 8 nitrogen and oxygen atoms in total. The van der Waals surface area contributed by atoms with Crippen molar-refractivity contribution in [1.29, 1.82) is 0 Å². The van der Waals surface area contributed by atoms with Crippen molar-refractivity contribution in [1.82, 2.24) is 5.32 Å². The molecule has 0 atom stereocenters. The zero-order valence-corrected chi connectivity index (χ0v) is 14.7. The van der Waals surface area contributed by atoms with Crippen molar-refractivity contribution in [3.05, 3.63) is 47.7 Å². The molecule has 0 saturated carbocycles. The summed E-state index contributed by atoms with van der Waals surface area (Å²) in [5.74, 6) is -2.80. The summed E-state index contributed by atoms with van der Waals surface area (Å²) < 4.78 is 14.3. The van der Waals surface area contributed by atoms with Crippen molar-refractivity contribution in [3.8, 4) is 0 Å². The molecule has 8 heteroatoms. The molecule has 0 bridgehead atoms. The standard InChI is InChI=1S/C18H21NO7/c1-3-24-17(22)14(18(23)25-4-2)10-19-11-16(21)26-12-15(20)13-8-6-5-7-9-13/h5-10,19H,3-4,11-12H2,1-2H3. The second kappa shape index (κ2) is 11.4. The number of rotatable bonds is 10. The van der Waals surface area contributed by atoms with Crippen LogP contribution in [0.15, 0.2) is 42.1 Å². The Morgan fingerprint density at radius 1 is 0.923 bits per heavy atom. The number of nitrogens with one attached hydrogen (secondary N) is 1. The van der Waals surface area contributed by atoms with Crippen LogP contribution in [0.25, 0.3) is 0 Å². The summed E-state index contributed by atoms with van der Waals surface area (Å²) in [5, 5.41) is 2.48. The molecule has 0 aromatic heterocycles. The molecule has 0 aliphatic heterocycles. The highest BCUT2D eigenvalue weighted by atomic mass is 16.6. The van der Waals surface area contributed by atoms with Crippen LogP contribution in [0.5, 0.6) is 0 Å². The zero-order chi connectivity index (χ0) is 19.4. The van der Waals surface area contributed by atoms with Gasteiger partial charge >= 0.3 is 17.9 Å². The minimum Gasteiger partial charge on any atom is -0.462 e. The summed E-state index contributed by atoms with van der Waals surface area (Å²) in [6, 6.07) is 8.40. The fourth-order valence-corrected chi connectivity index (χ4v) is 1.76. The molecule has 140 valence electrons. The summed E-state index contributed by atoms with van der Waals surface area (Å²) in [6.07, 6.45) is 1.02. The molecule has 1 rings (SSSR count). The minimum atomic E-state index is -0.869. The van der Waals surface area contributed by atoms with Crippen molar-refractivity contribution in [3.63, 3.8) is 0 Å². The molecule has 0 unspecified atom stereocenters. The molecular weight excluding hydrogens is 342 g/mol. The van der Waals surface area contributed by atoms with Gasteiger partial charge < -0.3 is 19.5 Å². The predicted octanol–water partition coefficient (Wildman–Crippen LogP) is 1.01. The molecule has 1 aromatic carbocycles. The van der Waals surface area contributed by atoms with E-state index in [1.165, 1.54) is 0 Å². The van der Waals surface area contributed by atoms with Gasteiger partial charge in [0, 0.05) is 11.8 Å². The van der Waals surface area contributed by atoms with Gasteiger partial charge in [-0.15, -0.1) is 0 Å². The van der Waals surface area contributed by atoms with E-state index >= 15 is 0 Å². The predicted molar refractivity (Wildman–Crippen MR) is 91.1 cm³/mol. The van der Waals surface area contributed by atoms with Crippen LogP contribution in [-0.4, -0.2) is 50.1 Å². The summed E-state index contributed by atoms with van der Waals surface area (Å²) in [5.41, 5.74) is 0.0573. The lowest BCUT2D eigenvalue weighted by Gasteiger charge is -2.08. The molecular formula is C18H21NO7. The first-order valence-electron chi connectivity index (χ1n) is 8.01. The molecule has 0 radical (unpaired) electrons. The average Bonchev–Trinajstić information content (AvgIpc) is 2.64. The van der Waals surface area contributed by atoms with Gasteiger partial charge in [-0.2, -0.15) is 0 Å². The first-order valence-corrected chi connectivity index (χ1v) is 8.01. The maximum atomic E-state index is 11.8. The Kier molecular flexibility index (Phi) is 9.16. The molecule has 0 spiro atoms. The topological polar surface area (TPSA) is 108 Å². The normalized spacial score (nSPS) is 9.62. The van der Waals surface area contributed by atoms with Gasteiger partial charge in [-0.05, 0) is 13.8 Å². The lowest BCUT2D eigenvalue weighted by Crippen LogP contribution is -2.26. The summed E-state index contributed by atoms with van der Waals surface area (Å²) in [7, 11) is 0. The van der Waals surface area contributed by atoms with E-state index in [4.69, 9.17) is 14.2 Å². The first-order chi connectivity index (χ1) is 12.5. The highest BCUT2D eigenvalue weighted by Crippen LogP contribution is 2.02. The van der Waals surface area contributed by atoms with Crippen molar-refractivity contribution in [2.75, 3.05) is 26.4 Å². The molecule has 0 saturated heterocycles. The minimum absolute atomic E-state index is 0.0826. The lowest BCUT2D eigenvalue weighted by atomic mass is 10.1. The average molecular weight is 363 g/mol. The number of ketones is 1. The fraction of sp³-hybridized carbons (Fsp3) is 0.333. The molecule has 0 aliphatic rings. The summed E-state index contributed by atoms with van der Waals surface area (Å²) in [4.78, 5) is 46.9. The van der Waals surface area contributed by atoms with Crippen LogP contribution in [0.1, 0.15) is 24.2 Å². The van der Waals surface area contributed by atoms with Crippen LogP contribution in [0.3, 0.4) is 0 Å². The van der Waals surface area contributed by atoms with E-state index in [9.17, 15) is 19.2 Å². The van der Waals surface area contributed by atoms with Crippen LogP contribution in [0, 0.1) is 0 Å². The summed E-state index contributed by atoms with van der Waals surface area (Å²) >= 11 is 0. The monoisotopic (exact) mass is 363 g/mol. The third-order valence-electron chi connectivity index (χ3n) is 2.94. The first kappa shape index (κ1) is 20.9. The van der Waals surface area contributed by atoms with Gasteiger partial charge in [0.15, 0.2) is 18.0 Å². The number of ether oxygens (including phenoxy) is 3. The SMILES string of the molecule is CCOC(=O)C(=CNCC(=O)OCC(=O)c1ccccc1)C(=O)OCC. The van der Waals surface area contributed by atoms with E-state index in [0.717, 1.165) is 6.20 Å². The van der Waals surface area contributed by atoms with Crippen molar-refractivity contribution in [2.45, 2.75) is 13.8 Å². The maximum absolute atomic E-state index is 11.8. The van der Waals surface area contributed by atoms with Crippen LogP contribution < -0.4 is 5.32 Å².